The largest absolute Gasteiger partial charge is 0.460 e. The van der Waals surface area contributed by atoms with Crippen molar-refractivity contribution >= 4 is 5.91 Å². The van der Waals surface area contributed by atoms with E-state index in [1.165, 1.54) is 5.56 Å². The van der Waals surface area contributed by atoms with Crippen LogP contribution in [0.3, 0.4) is 0 Å². The zero-order valence-corrected chi connectivity index (χ0v) is 11.2. The molecule has 1 N–H and O–H groups in total. The van der Waals surface area contributed by atoms with Crippen molar-refractivity contribution in [2.75, 3.05) is 7.05 Å². The maximum absolute atomic E-state index is 12.0. The van der Waals surface area contributed by atoms with Crippen LogP contribution in [0.25, 0.3) is 11.3 Å². The van der Waals surface area contributed by atoms with Gasteiger partial charge in [-0.15, -0.1) is 0 Å². The Labute approximate surface area is 112 Å². The van der Waals surface area contributed by atoms with E-state index in [2.05, 4.69) is 5.32 Å². The Kier molecular flexibility index (Phi) is 2.90. The van der Waals surface area contributed by atoms with E-state index >= 15 is 0 Å². The second-order valence-electron chi connectivity index (χ2n) is 5.11. The molecule has 0 bridgehead atoms. The Bertz CT molecular complexity index is 606. The first-order valence-electron chi connectivity index (χ1n) is 6.62. The number of carbonyl (C=O) groups is 1. The van der Waals surface area contributed by atoms with E-state index in [9.17, 15) is 4.79 Å². The van der Waals surface area contributed by atoms with Crippen LogP contribution in [0.15, 0.2) is 34.7 Å². The Morgan fingerprint density at radius 1 is 1.26 bits per heavy atom. The molecule has 1 heterocycles. The number of hydrogen-bond acceptors (Lipinski definition) is 2. The fourth-order valence-corrected chi connectivity index (χ4v) is 2.20. The predicted molar refractivity (Wildman–Crippen MR) is 74.2 cm³/mol. The predicted octanol–water partition coefficient (Wildman–Crippen LogP) is 3.49. The number of hydrogen-bond donors (Lipinski definition) is 1. The van der Waals surface area contributed by atoms with Gasteiger partial charge in [-0.1, -0.05) is 29.8 Å². The monoisotopic (exact) mass is 255 g/mol. The summed E-state index contributed by atoms with van der Waals surface area (Å²) in [5.74, 6) is 2.03. The lowest BCUT2D eigenvalue weighted by molar-refractivity contribution is 0.0963. The van der Waals surface area contributed by atoms with Crippen LogP contribution in [-0.2, 0) is 0 Å². The molecule has 0 radical (unpaired) electrons. The molecule has 3 heteroatoms. The van der Waals surface area contributed by atoms with Gasteiger partial charge in [0.1, 0.15) is 11.5 Å². The van der Waals surface area contributed by atoms with Gasteiger partial charge < -0.3 is 9.73 Å². The van der Waals surface area contributed by atoms with Crippen molar-refractivity contribution in [3.05, 3.63) is 47.2 Å². The van der Waals surface area contributed by atoms with Crippen molar-refractivity contribution in [2.45, 2.75) is 25.7 Å². The highest BCUT2D eigenvalue weighted by Gasteiger charge is 2.30. The molecule has 98 valence electrons. The first kappa shape index (κ1) is 12.0. The van der Waals surface area contributed by atoms with Crippen LogP contribution in [0.1, 0.15) is 40.4 Å². The summed E-state index contributed by atoms with van der Waals surface area (Å²) >= 11 is 0. The molecule has 2 aromatic rings. The van der Waals surface area contributed by atoms with Crippen molar-refractivity contribution in [1.29, 1.82) is 0 Å². The second-order valence-corrected chi connectivity index (χ2v) is 5.11. The Balaban J connectivity index is 2.07. The molecule has 0 unspecified atom stereocenters. The highest BCUT2D eigenvalue weighted by atomic mass is 16.3. The molecule has 0 spiro atoms. The van der Waals surface area contributed by atoms with Crippen LogP contribution in [-0.4, -0.2) is 13.0 Å². The minimum absolute atomic E-state index is 0.0915. The number of aryl methyl sites for hydroxylation is 1. The molecule has 0 atom stereocenters. The van der Waals surface area contributed by atoms with Gasteiger partial charge in [0.05, 0.1) is 5.56 Å². The van der Waals surface area contributed by atoms with Crippen LogP contribution in [0.4, 0.5) is 0 Å². The molecule has 1 fully saturated rings. The van der Waals surface area contributed by atoms with Crippen molar-refractivity contribution < 1.29 is 9.21 Å². The molecule has 1 aromatic carbocycles. The van der Waals surface area contributed by atoms with Crippen molar-refractivity contribution in [3.63, 3.8) is 0 Å². The van der Waals surface area contributed by atoms with Crippen LogP contribution in [0, 0.1) is 6.92 Å². The molecule has 3 nitrogen and oxygen atoms in total. The topological polar surface area (TPSA) is 42.2 Å². The minimum atomic E-state index is -0.0915. The fourth-order valence-electron chi connectivity index (χ4n) is 2.20. The van der Waals surface area contributed by atoms with Crippen LogP contribution >= 0.6 is 0 Å². The number of furan rings is 1. The van der Waals surface area contributed by atoms with Crippen molar-refractivity contribution in [3.8, 4) is 11.3 Å². The van der Waals surface area contributed by atoms with Gasteiger partial charge in [-0.25, -0.2) is 0 Å². The van der Waals surface area contributed by atoms with Gasteiger partial charge >= 0.3 is 0 Å². The third-order valence-electron chi connectivity index (χ3n) is 3.52. The Morgan fingerprint density at radius 3 is 2.53 bits per heavy atom. The van der Waals surface area contributed by atoms with Gasteiger partial charge in [0.15, 0.2) is 0 Å². The number of rotatable bonds is 3. The number of benzene rings is 1. The lowest BCUT2D eigenvalue weighted by atomic mass is 10.1. The van der Waals surface area contributed by atoms with Crippen LogP contribution in [0.2, 0.25) is 0 Å². The average molecular weight is 255 g/mol. The van der Waals surface area contributed by atoms with Crippen molar-refractivity contribution in [2.24, 2.45) is 0 Å². The molecule has 1 amide bonds. The molecule has 19 heavy (non-hydrogen) atoms. The Morgan fingerprint density at radius 2 is 1.95 bits per heavy atom. The summed E-state index contributed by atoms with van der Waals surface area (Å²) in [6.07, 6.45) is 2.32. The average Bonchev–Trinajstić information content (AvgIpc) is 3.18. The molecule has 0 saturated heterocycles. The summed E-state index contributed by atoms with van der Waals surface area (Å²) in [4.78, 5) is 12.0. The first-order chi connectivity index (χ1) is 9.19. The van der Waals surface area contributed by atoms with E-state index in [1.54, 1.807) is 7.05 Å². The second kappa shape index (κ2) is 4.57. The number of amides is 1. The summed E-state index contributed by atoms with van der Waals surface area (Å²) in [5.41, 5.74) is 2.78. The maximum Gasteiger partial charge on any atom is 0.254 e. The van der Waals surface area contributed by atoms with E-state index in [4.69, 9.17) is 4.42 Å². The van der Waals surface area contributed by atoms with E-state index < -0.39 is 0 Å². The van der Waals surface area contributed by atoms with E-state index in [1.807, 2.05) is 37.3 Å². The molecule has 0 aliphatic heterocycles. The lowest BCUT2D eigenvalue weighted by Gasteiger charge is -2.02. The maximum atomic E-state index is 12.0. The highest BCUT2D eigenvalue weighted by molar-refractivity contribution is 5.99. The summed E-state index contributed by atoms with van der Waals surface area (Å²) < 4.78 is 5.93. The molecular weight excluding hydrogens is 238 g/mol. The molecular formula is C16H17NO2. The third kappa shape index (κ3) is 2.28. The summed E-state index contributed by atoms with van der Waals surface area (Å²) in [5, 5.41) is 2.68. The minimum Gasteiger partial charge on any atom is -0.460 e. The third-order valence-corrected chi connectivity index (χ3v) is 3.52. The van der Waals surface area contributed by atoms with Gasteiger partial charge in [0.25, 0.3) is 5.91 Å². The molecule has 1 aromatic heterocycles. The quantitative estimate of drug-likeness (QED) is 0.912. The van der Waals surface area contributed by atoms with Crippen molar-refractivity contribution in [1.82, 2.24) is 5.32 Å². The van der Waals surface area contributed by atoms with Crippen LogP contribution < -0.4 is 5.32 Å². The van der Waals surface area contributed by atoms with Gasteiger partial charge in [-0.2, -0.15) is 0 Å². The number of carbonyl (C=O) groups excluding carboxylic acids is 1. The summed E-state index contributed by atoms with van der Waals surface area (Å²) in [6.45, 7) is 2.04. The first-order valence-corrected chi connectivity index (χ1v) is 6.62. The zero-order valence-electron chi connectivity index (χ0n) is 11.2. The standard InChI is InChI=1S/C16H17NO2/c1-10-3-5-12(6-4-10)15-13(16(18)17-2)9-14(19-15)11-7-8-11/h3-6,9,11H,7-8H2,1-2H3,(H,17,18). The molecule has 3 rings (SSSR count). The summed E-state index contributed by atoms with van der Waals surface area (Å²) in [7, 11) is 1.64. The highest BCUT2D eigenvalue weighted by Crippen LogP contribution is 2.43. The molecule has 1 aliphatic carbocycles. The van der Waals surface area contributed by atoms with Crippen LogP contribution in [0.5, 0.6) is 0 Å². The van der Waals surface area contributed by atoms with Gasteiger partial charge in [-0.05, 0) is 25.8 Å². The van der Waals surface area contributed by atoms with E-state index in [0.29, 0.717) is 17.2 Å². The van der Waals surface area contributed by atoms with Gasteiger partial charge in [0, 0.05) is 18.5 Å². The normalized spacial score (nSPS) is 14.4. The lowest BCUT2D eigenvalue weighted by Crippen LogP contribution is -2.17. The zero-order chi connectivity index (χ0) is 13.4. The Hall–Kier alpha value is -2.03. The summed E-state index contributed by atoms with van der Waals surface area (Å²) in [6, 6.07) is 9.95. The number of nitrogens with one attached hydrogen (secondary N) is 1. The molecule has 1 aliphatic rings. The van der Waals surface area contributed by atoms with E-state index in [0.717, 1.165) is 24.2 Å². The molecule has 1 saturated carbocycles. The smallest absolute Gasteiger partial charge is 0.254 e. The fraction of sp³-hybridized carbons (Fsp3) is 0.312. The van der Waals surface area contributed by atoms with Gasteiger partial charge in [-0.3, -0.25) is 4.79 Å². The van der Waals surface area contributed by atoms with E-state index in [-0.39, 0.29) is 5.91 Å². The van der Waals surface area contributed by atoms with Gasteiger partial charge in [0.2, 0.25) is 0 Å². The SMILES string of the molecule is CNC(=O)c1cc(C2CC2)oc1-c1ccc(C)cc1.